The van der Waals surface area contributed by atoms with Gasteiger partial charge in [0.25, 0.3) is 0 Å². The highest BCUT2D eigenvalue weighted by Gasteiger charge is 2.11. The minimum atomic E-state index is -0.926. The third-order valence-corrected chi connectivity index (χ3v) is 2.19. The first-order valence-corrected chi connectivity index (χ1v) is 4.71. The van der Waals surface area contributed by atoms with Crippen molar-refractivity contribution >= 4 is 5.97 Å². The zero-order valence-electron chi connectivity index (χ0n) is 8.31. The number of carboxylic acids is 1. The molecule has 0 radical (unpaired) electrons. The molecule has 1 aromatic heterocycles. The van der Waals surface area contributed by atoms with Crippen LogP contribution in [-0.4, -0.2) is 11.1 Å². The van der Waals surface area contributed by atoms with Crippen LogP contribution in [0, 0.1) is 5.82 Å². The van der Waals surface area contributed by atoms with E-state index in [-0.39, 0.29) is 12.2 Å². The molecule has 0 aliphatic heterocycles. The largest absolute Gasteiger partial charge is 0.481 e. The minimum Gasteiger partial charge on any atom is -0.481 e. The summed E-state index contributed by atoms with van der Waals surface area (Å²) in [7, 11) is 0. The number of halogens is 1. The number of rotatable bonds is 3. The maximum absolute atomic E-state index is 12.7. The molecule has 2 aromatic rings. The number of furan rings is 1. The van der Waals surface area contributed by atoms with E-state index in [2.05, 4.69) is 0 Å². The fourth-order valence-corrected chi connectivity index (χ4v) is 1.49. The molecule has 0 aliphatic rings. The number of benzene rings is 1. The van der Waals surface area contributed by atoms with Gasteiger partial charge in [0.2, 0.25) is 0 Å². The molecule has 82 valence electrons. The molecule has 0 saturated heterocycles. The van der Waals surface area contributed by atoms with E-state index in [0.717, 1.165) is 0 Å². The SMILES string of the molecule is O=C(O)Cc1ccoc1-c1ccc(F)cc1. The maximum Gasteiger partial charge on any atom is 0.307 e. The van der Waals surface area contributed by atoms with E-state index < -0.39 is 5.97 Å². The van der Waals surface area contributed by atoms with Gasteiger partial charge >= 0.3 is 5.97 Å². The van der Waals surface area contributed by atoms with Gasteiger partial charge in [-0.05, 0) is 30.3 Å². The molecule has 0 spiro atoms. The summed E-state index contributed by atoms with van der Waals surface area (Å²) in [6, 6.07) is 7.33. The van der Waals surface area contributed by atoms with E-state index in [4.69, 9.17) is 9.52 Å². The van der Waals surface area contributed by atoms with Crippen LogP contribution in [0.3, 0.4) is 0 Å². The molecule has 0 amide bonds. The molecule has 4 heteroatoms. The molecule has 0 bridgehead atoms. The third-order valence-electron chi connectivity index (χ3n) is 2.19. The quantitative estimate of drug-likeness (QED) is 0.865. The first-order valence-electron chi connectivity index (χ1n) is 4.71. The standard InChI is InChI=1S/C12H9FO3/c13-10-3-1-8(2-4-10)12-9(5-6-16-12)7-11(14)15/h1-6H,7H2,(H,14,15). The van der Waals surface area contributed by atoms with Crippen molar-refractivity contribution in [3.05, 3.63) is 48.0 Å². The van der Waals surface area contributed by atoms with Crippen molar-refractivity contribution in [3.8, 4) is 11.3 Å². The van der Waals surface area contributed by atoms with Crippen LogP contribution >= 0.6 is 0 Å². The van der Waals surface area contributed by atoms with Gasteiger partial charge in [-0.25, -0.2) is 4.39 Å². The van der Waals surface area contributed by atoms with Crippen molar-refractivity contribution in [2.45, 2.75) is 6.42 Å². The molecular formula is C12H9FO3. The summed E-state index contributed by atoms with van der Waals surface area (Å²) in [5, 5.41) is 8.70. The molecule has 0 saturated carbocycles. The smallest absolute Gasteiger partial charge is 0.307 e. The summed E-state index contributed by atoms with van der Waals surface area (Å²) < 4.78 is 17.9. The fraction of sp³-hybridized carbons (Fsp3) is 0.0833. The molecule has 0 fully saturated rings. The van der Waals surface area contributed by atoms with Gasteiger partial charge < -0.3 is 9.52 Å². The van der Waals surface area contributed by atoms with Crippen molar-refractivity contribution in [1.82, 2.24) is 0 Å². The van der Waals surface area contributed by atoms with Gasteiger partial charge in [-0.1, -0.05) is 0 Å². The first kappa shape index (κ1) is 10.4. The second-order valence-electron chi connectivity index (χ2n) is 3.35. The minimum absolute atomic E-state index is 0.108. The Labute approximate surface area is 91.1 Å². The van der Waals surface area contributed by atoms with Gasteiger partial charge in [-0.3, -0.25) is 4.79 Å². The highest BCUT2D eigenvalue weighted by molar-refractivity contribution is 5.74. The van der Waals surface area contributed by atoms with E-state index in [1.807, 2.05) is 0 Å². The number of hydrogen-bond acceptors (Lipinski definition) is 2. The summed E-state index contributed by atoms with van der Waals surface area (Å²) in [4.78, 5) is 10.6. The second-order valence-corrected chi connectivity index (χ2v) is 3.35. The van der Waals surface area contributed by atoms with Gasteiger partial charge in [0.15, 0.2) is 0 Å². The fourth-order valence-electron chi connectivity index (χ4n) is 1.49. The summed E-state index contributed by atoms with van der Waals surface area (Å²) >= 11 is 0. The molecule has 1 N–H and O–H groups in total. The van der Waals surface area contributed by atoms with Gasteiger partial charge in [0.05, 0.1) is 12.7 Å². The van der Waals surface area contributed by atoms with E-state index in [1.165, 1.54) is 18.4 Å². The van der Waals surface area contributed by atoms with E-state index in [1.54, 1.807) is 18.2 Å². The van der Waals surface area contributed by atoms with E-state index in [0.29, 0.717) is 16.9 Å². The molecule has 0 unspecified atom stereocenters. The second kappa shape index (κ2) is 4.18. The van der Waals surface area contributed by atoms with E-state index in [9.17, 15) is 9.18 Å². The van der Waals surface area contributed by atoms with Crippen LogP contribution in [0.4, 0.5) is 4.39 Å². The van der Waals surface area contributed by atoms with Gasteiger partial charge in [-0.2, -0.15) is 0 Å². The van der Waals surface area contributed by atoms with Crippen LogP contribution in [0.2, 0.25) is 0 Å². The van der Waals surface area contributed by atoms with Crippen LogP contribution < -0.4 is 0 Å². The predicted octanol–water partition coefficient (Wildman–Crippen LogP) is 2.71. The number of carboxylic acid groups (broad SMARTS) is 1. The Hall–Kier alpha value is -2.10. The van der Waals surface area contributed by atoms with Crippen LogP contribution in [-0.2, 0) is 11.2 Å². The molecular weight excluding hydrogens is 211 g/mol. The van der Waals surface area contributed by atoms with Crippen molar-refractivity contribution in [1.29, 1.82) is 0 Å². The number of carbonyl (C=O) groups is 1. The molecule has 0 aliphatic carbocycles. The Morgan fingerprint density at radius 3 is 2.56 bits per heavy atom. The molecule has 3 nitrogen and oxygen atoms in total. The summed E-state index contributed by atoms with van der Waals surface area (Å²) in [6.07, 6.45) is 1.32. The Bertz CT molecular complexity index is 499. The summed E-state index contributed by atoms with van der Waals surface area (Å²) in [6.45, 7) is 0. The Morgan fingerprint density at radius 1 is 1.25 bits per heavy atom. The number of hydrogen-bond donors (Lipinski definition) is 1. The lowest BCUT2D eigenvalue weighted by molar-refractivity contribution is -0.136. The lowest BCUT2D eigenvalue weighted by Crippen LogP contribution is -1.99. The Kier molecular flexibility index (Phi) is 2.72. The maximum atomic E-state index is 12.7. The van der Waals surface area contributed by atoms with Gasteiger partial charge in [0.1, 0.15) is 11.6 Å². The molecule has 0 atom stereocenters. The van der Waals surface area contributed by atoms with Gasteiger partial charge in [0, 0.05) is 11.1 Å². The van der Waals surface area contributed by atoms with Crippen LogP contribution in [0.25, 0.3) is 11.3 Å². The van der Waals surface area contributed by atoms with Crippen molar-refractivity contribution in [2.75, 3.05) is 0 Å². The van der Waals surface area contributed by atoms with Crippen LogP contribution in [0.5, 0.6) is 0 Å². The normalized spacial score (nSPS) is 10.3. The zero-order chi connectivity index (χ0) is 11.5. The van der Waals surface area contributed by atoms with Crippen molar-refractivity contribution < 1.29 is 18.7 Å². The monoisotopic (exact) mass is 220 g/mol. The Balaban J connectivity index is 2.36. The molecule has 16 heavy (non-hydrogen) atoms. The summed E-state index contributed by atoms with van der Waals surface area (Å²) in [5.74, 6) is -0.790. The van der Waals surface area contributed by atoms with Crippen LogP contribution in [0.15, 0.2) is 41.0 Å². The predicted molar refractivity (Wildman–Crippen MR) is 55.4 cm³/mol. The Morgan fingerprint density at radius 2 is 1.94 bits per heavy atom. The first-order chi connectivity index (χ1) is 7.66. The lowest BCUT2D eigenvalue weighted by Gasteiger charge is -2.00. The van der Waals surface area contributed by atoms with E-state index >= 15 is 0 Å². The molecule has 1 heterocycles. The average Bonchev–Trinajstić information content (AvgIpc) is 2.66. The highest BCUT2D eigenvalue weighted by atomic mass is 19.1. The van der Waals surface area contributed by atoms with Crippen molar-refractivity contribution in [2.24, 2.45) is 0 Å². The topological polar surface area (TPSA) is 50.4 Å². The zero-order valence-corrected chi connectivity index (χ0v) is 8.31. The number of aliphatic carboxylic acids is 1. The highest BCUT2D eigenvalue weighted by Crippen LogP contribution is 2.25. The molecule has 2 rings (SSSR count). The van der Waals surface area contributed by atoms with Crippen molar-refractivity contribution in [3.63, 3.8) is 0 Å². The third kappa shape index (κ3) is 2.11. The average molecular weight is 220 g/mol. The van der Waals surface area contributed by atoms with Crippen LogP contribution in [0.1, 0.15) is 5.56 Å². The summed E-state index contributed by atoms with van der Waals surface area (Å²) in [5.41, 5.74) is 1.25. The molecule has 1 aromatic carbocycles. The van der Waals surface area contributed by atoms with Gasteiger partial charge in [-0.15, -0.1) is 0 Å². The lowest BCUT2D eigenvalue weighted by atomic mass is 10.1.